The molecule has 0 bridgehead atoms. The third-order valence-electron chi connectivity index (χ3n) is 20.5. The normalized spacial score (nSPS) is 18.1. The van der Waals surface area contributed by atoms with Crippen molar-refractivity contribution in [3.63, 3.8) is 0 Å². The molecule has 114 heavy (non-hydrogen) atoms. The summed E-state index contributed by atoms with van der Waals surface area (Å²) in [4.78, 5) is 120. The molecule has 4 N–H and O–H groups in total. The summed E-state index contributed by atoms with van der Waals surface area (Å²) in [5, 5.41) is 11.1. The molecule has 1 saturated heterocycles. The van der Waals surface area contributed by atoms with E-state index in [4.69, 9.17) is 76.3 Å². The molecule has 7 aliphatic rings. The number of likely N-dealkylation sites (tertiary alicyclic amines) is 1. The van der Waals surface area contributed by atoms with E-state index < -0.39 is 23.9 Å². The van der Waals surface area contributed by atoms with Crippen molar-refractivity contribution in [1.29, 1.82) is 0 Å². The zero-order valence-electron chi connectivity index (χ0n) is 65.8. The summed E-state index contributed by atoms with van der Waals surface area (Å²) in [6.45, 7) is 11.9. The Bertz CT molecular complexity index is 4090. The predicted octanol–water partition coefficient (Wildman–Crippen LogP) is 8.18. The van der Waals surface area contributed by atoms with E-state index in [0.717, 1.165) is 48.0 Å². The number of carbonyl (C=O) groups is 8. The van der Waals surface area contributed by atoms with Crippen LogP contribution in [0.4, 0.5) is 17.1 Å². The minimum absolute atomic E-state index is 0.0117. The molecule has 31 heteroatoms. The van der Waals surface area contributed by atoms with Crippen LogP contribution in [0.5, 0.6) is 34.5 Å². The number of hydrogen-bond acceptors (Lipinski definition) is 24. The minimum Gasteiger partial charge on any atom is -0.493 e. The molecule has 31 nitrogen and oxygen atoms in total. The summed E-state index contributed by atoms with van der Waals surface area (Å²) >= 11 is 0. The van der Waals surface area contributed by atoms with Crippen LogP contribution in [0, 0.1) is 17.8 Å². The van der Waals surface area contributed by atoms with E-state index in [-0.39, 0.29) is 124 Å². The van der Waals surface area contributed by atoms with Gasteiger partial charge in [-0.25, -0.2) is 0 Å². The van der Waals surface area contributed by atoms with Crippen LogP contribution in [0.1, 0.15) is 130 Å². The molecule has 4 aromatic carbocycles. The smallest absolute Gasteiger partial charge is 0.260 e. The van der Waals surface area contributed by atoms with Gasteiger partial charge in [-0.1, -0.05) is 57.7 Å². The Morgan fingerprint density at radius 2 is 1.02 bits per heavy atom. The number of aliphatic imine (C=N–C) groups is 2. The first-order valence-electron chi connectivity index (χ1n) is 39.5. The van der Waals surface area contributed by atoms with Crippen LogP contribution in [0.25, 0.3) is 11.1 Å². The second kappa shape index (κ2) is 43.6. The van der Waals surface area contributed by atoms with Gasteiger partial charge in [0.05, 0.1) is 174 Å². The maximum Gasteiger partial charge on any atom is 0.260 e. The second-order valence-corrected chi connectivity index (χ2v) is 28.8. The van der Waals surface area contributed by atoms with Crippen LogP contribution in [0.2, 0.25) is 0 Å². The number of hydrogen-bond donors (Lipinski definition) is 4. The van der Waals surface area contributed by atoms with E-state index in [2.05, 4.69) is 21.3 Å². The molecular formula is C83H107N9O22. The molecule has 6 heterocycles. The first kappa shape index (κ1) is 85.0. The number of nitrogens with zero attached hydrogens (tertiary/aromatic N) is 5. The predicted molar refractivity (Wildman–Crippen MR) is 420 cm³/mol. The summed E-state index contributed by atoms with van der Waals surface area (Å²) in [5.74, 6) is 0.372. The number of carbonyl (C=O) groups excluding carboxylic acids is 8. The fourth-order valence-electron chi connectivity index (χ4n) is 14.2. The average Bonchev–Trinajstić information content (AvgIpc) is 1.62. The fraction of sp³-hybridized carbons (Fsp3) is 0.542. The third kappa shape index (κ3) is 23.9. The lowest BCUT2D eigenvalue weighted by Gasteiger charge is -2.24. The molecule has 1 unspecified atom stereocenters. The van der Waals surface area contributed by atoms with Crippen molar-refractivity contribution < 1.29 is 105 Å². The summed E-state index contributed by atoms with van der Waals surface area (Å²) in [5.41, 5.74) is 5.77. The van der Waals surface area contributed by atoms with Crippen LogP contribution in [-0.2, 0) is 66.7 Å². The highest BCUT2D eigenvalue weighted by atomic mass is 16.7. The number of anilines is 1. The van der Waals surface area contributed by atoms with E-state index >= 15 is 0 Å². The van der Waals surface area contributed by atoms with Gasteiger partial charge in [-0.3, -0.25) is 53.2 Å². The van der Waals surface area contributed by atoms with Crippen molar-refractivity contribution in [2.24, 2.45) is 27.7 Å². The topological polar surface area (TPSA) is 348 Å². The Morgan fingerprint density at radius 3 is 1.54 bits per heavy atom. The molecular weight excluding hydrogens is 1470 g/mol. The molecule has 8 amide bonds. The maximum absolute atomic E-state index is 14.2. The van der Waals surface area contributed by atoms with E-state index in [9.17, 15) is 38.4 Å². The average molecular weight is 1580 g/mol. The molecule has 6 aliphatic heterocycles. The highest BCUT2D eigenvalue weighted by Gasteiger charge is 2.43. The number of ether oxygens (including phenoxy) is 14. The molecule has 1 saturated carbocycles. The summed E-state index contributed by atoms with van der Waals surface area (Å²) in [7, 11) is 3.02. The van der Waals surface area contributed by atoms with Crippen molar-refractivity contribution in [1.82, 2.24) is 30.7 Å². The number of amides is 8. The molecule has 11 rings (SSSR count). The Hall–Kier alpha value is -9.86. The zero-order chi connectivity index (χ0) is 80.1. The highest BCUT2D eigenvalue weighted by Crippen LogP contribution is 2.44. The summed E-state index contributed by atoms with van der Waals surface area (Å²) < 4.78 is 79.2. The van der Waals surface area contributed by atoms with Crippen molar-refractivity contribution in [3.8, 4) is 34.5 Å². The molecule has 616 valence electrons. The lowest BCUT2D eigenvalue weighted by atomic mass is 9.85. The Labute approximate surface area is 664 Å². The van der Waals surface area contributed by atoms with Gasteiger partial charge in [0.25, 0.3) is 11.8 Å². The van der Waals surface area contributed by atoms with Crippen molar-refractivity contribution in [2.45, 2.75) is 122 Å². The van der Waals surface area contributed by atoms with Crippen LogP contribution in [0.15, 0.2) is 89.1 Å². The first-order chi connectivity index (χ1) is 55.5. The van der Waals surface area contributed by atoms with E-state index in [1.54, 1.807) is 79.4 Å². The van der Waals surface area contributed by atoms with Crippen molar-refractivity contribution >= 4 is 87.9 Å². The van der Waals surface area contributed by atoms with Gasteiger partial charge >= 0.3 is 0 Å². The monoisotopic (exact) mass is 1580 g/mol. The van der Waals surface area contributed by atoms with E-state index in [0.29, 0.717) is 181 Å². The quantitative estimate of drug-likeness (QED) is 0.0184. The second-order valence-electron chi connectivity index (χ2n) is 28.8. The molecule has 4 aromatic rings. The number of benzene rings is 4. The van der Waals surface area contributed by atoms with Gasteiger partial charge in [0, 0.05) is 94.3 Å². The molecule has 5 atom stereocenters. The fourth-order valence-corrected chi connectivity index (χ4v) is 14.2. The maximum atomic E-state index is 14.2. The Morgan fingerprint density at radius 1 is 0.518 bits per heavy atom. The Balaban J connectivity index is 0.483. The molecule has 1 aliphatic carbocycles. The van der Waals surface area contributed by atoms with Gasteiger partial charge in [0.2, 0.25) is 42.2 Å². The standard InChI is InChI=1S/C83H107N9O22/c1-54(2)78(89-76(94)20-25-103-27-29-105-31-33-107-35-37-109-39-40-110-38-36-108-34-32-106-30-28-104-26-21-84-75(93)19-22-90-77(95)46-64(81(90)98)57-11-8-6-7-9-12-57)80(97)87-55(3)79(96)88-61-16-13-56(14-17-61)59-41-62-49-85-67-47-73(70(101-4)44-65(67)82(99)91(62)51-59)111-23-10-24-112-74-48-68-66(45-71(74)102-5)83(100)92-52-60(42-63(92)50-86-68)58-15-18-69-72(43-58)114-53-113-69/h13-18,43-45,47-52,54-55,57,62-64,78H,6-12,19-42,46,53H2,1-5H3,(H,84,93)(H,87,97)(H,88,96)(H,89,94)/t55-,62-,63-,64?,78-/m0/s1. The van der Waals surface area contributed by atoms with Gasteiger partial charge in [0.1, 0.15) is 12.1 Å². The lowest BCUT2D eigenvalue weighted by Crippen LogP contribution is -2.53. The van der Waals surface area contributed by atoms with Gasteiger partial charge in [0.15, 0.2) is 34.5 Å². The van der Waals surface area contributed by atoms with Crippen LogP contribution in [0.3, 0.4) is 0 Å². The summed E-state index contributed by atoms with van der Waals surface area (Å²) in [6, 6.07) is 17.1. The number of fused-ring (bicyclic) bond motifs is 5. The van der Waals surface area contributed by atoms with Crippen molar-refractivity contribution in [3.05, 3.63) is 101 Å². The van der Waals surface area contributed by atoms with E-state index in [1.807, 2.05) is 42.7 Å². The molecule has 0 spiro atoms. The SMILES string of the molecule is COc1cc2c(cc1OCCCOc1cc3c(cc1OC)C(=O)N1C=C(c4ccc5c(c4)OCO5)C[C@H]1C=N3)N=C[C@@H]1CC(c3ccc(NC(=O)[C@H](C)NC(=O)[C@@H](NC(=O)CCOCCOCCOCCOCCOCCOCCOCCOCCNC(=O)CCN4C(=O)CC(C5CCCCCC5)C4=O)C(C)C)cc3)=CN1C2=O. The third-order valence-corrected chi connectivity index (χ3v) is 20.5. The number of methoxy groups -OCH3 is 2. The molecule has 2 fully saturated rings. The minimum atomic E-state index is -0.945. The van der Waals surface area contributed by atoms with Crippen molar-refractivity contribution in [2.75, 3.05) is 158 Å². The first-order valence-corrected chi connectivity index (χ1v) is 39.5. The largest absolute Gasteiger partial charge is 0.493 e. The lowest BCUT2D eigenvalue weighted by molar-refractivity contribution is -0.140. The van der Waals surface area contributed by atoms with Gasteiger partial charge in [-0.2, -0.15) is 0 Å². The molecule has 0 aromatic heterocycles. The summed E-state index contributed by atoms with van der Waals surface area (Å²) in [6.07, 6.45) is 15.7. The highest BCUT2D eigenvalue weighted by molar-refractivity contribution is 6.07. The van der Waals surface area contributed by atoms with Crippen LogP contribution >= 0.6 is 0 Å². The zero-order valence-corrected chi connectivity index (χ0v) is 65.8. The number of imide groups is 1. The molecule has 0 radical (unpaired) electrons. The van der Waals surface area contributed by atoms with Crippen LogP contribution in [-0.4, -0.2) is 252 Å². The Kier molecular flexibility index (Phi) is 32.5. The van der Waals surface area contributed by atoms with Gasteiger partial charge < -0.3 is 97.4 Å². The number of rotatable bonds is 47. The van der Waals surface area contributed by atoms with E-state index in [1.165, 1.54) is 32.0 Å². The van der Waals surface area contributed by atoms with Crippen LogP contribution < -0.4 is 49.7 Å². The number of nitrogens with one attached hydrogen (secondary N) is 4. The van der Waals surface area contributed by atoms with Gasteiger partial charge in [-0.05, 0) is 90.3 Å². The van der Waals surface area contributed by atoms with Gasteiger partial charge in [-0.15, -0.1) is 0 Å².